The van der Waals surface area contributed by atoms with Gasteiger partial charge < -0.3 is 5.32 Å². The fourth-order valence-electron chi connectivity index (χ4n) is 5.19. The van der Waals surface area contributed by atoms with Crippen molar-refractivity contribution in [1.29, 1.82) is 0 Å². The maximum atomic E-state index is 12.8. The normalized spacial score (nSPS) is 35.0. The lowest BCUT2D eigenvalue weighted by atomic mass is 9.63. The van der Waals surface area contributed by atoms with Crippen molar-refractivity contribution in [2.75, 3.05) is 11.9 Å². The van der Waals surface area contributed by atoms with E-state index >= 15 is 0 Å². The van der Waals surface area contributed by atoms with Gasteiger partial charge in [-0.1, -0.05) is 12.2 Å². The van der Waals surface area contributed by atoms with Crippen LogP contribution in [0.4, 0.5) is 11.4 Å². The van der Waals surface area contributed by atoms with Crippen LogP contribution in [0, 0.1) is 45.6 Å². The Labute approximate surface area is 154 Å². The van der Waals surface area contributed by atoms with E-state index in [9.17, 15) is 24.5 Å². The van der Waals surface area contributed by atoms with Crippen molar-refractivity contribution >= 4 is 29.1 Å². The lowest BCUT2D eigenvalue weighted by molar-refractivity contribution is -0.384. The molecule has 1 saturated heterocycles. The lowest BCUT2D eigenvalue weighted by Crippen LogP contribution is -2.40. The van der Waals surface area contributed by atoms with Gasteiger partial charge in [0.25, 0.3) is 5.69 Å². The van der Waals surface area contributed by atoms with Gasteiger partial charge in [0.1, 0.15) is 6.54 Å². The van der Waals surface area contributed by atoms with Crippen LogP contribution < -0.4 is 5.32 Å². The topological polar surface area (TPSA) is 110 Å². The van der Waals surface area contributed by atoms with Crippen LogP contribution in [0.2, 0.25) is 0 Å². The molecule has 3 fully saturated rings. The van der Waals surface area contributed by atoms with E-state index in [0.717, 1.165) is 11.3 Å². The number of non-ortho nitro benzene ring substituents is 1. The zero-order chi connectivity index (χ0) is 18.9. The minimum Gasteiger partial charge on any atom is -0.325 e. The van der Waals surface area contributed by atoms with Gasteiger partial charge >= 0.3 is 0 Å². The van der Waals surface area contributed by atoms with Gasteiger partial charge in [0.15, 0.2) is 0 Å². The maximum absolute atomic E-state index is 12.8. The van der Waals surface area contributed by atoms with Crippen molar-refractivity contribution in [2.45, 2.75) is 6.42 Å². The van der Waals surface area contributed by atoms with Crippen LogP contribution >= 0.6 is 0 Å². The molecule has 27 heavy (non-hydrogen) atoms. The van der Waals surface area contributed by atoms with Gasteiger partial charge in [-0.2, -0.15) is 0 Å². The van der Waals surface area contributed by atoms with Crippen LogP contribution in [0.5, 0.6) is 0 Å². The fraction of sp³-hybridized carbons (Fsp3) is 0.421. The van der Waals surface area contributed by atoms with Crippen molar-refractivity contribution in [1.82, 2.24) is 4.90 Å². The number of rotatable bonds is 4. The molecule has 0 aromatic heterocycles. The van der Waals surface area contributed by atoms with Gasteiger partial charge in [0.05, 0.1) is 16.8 Å². The second-order valence-corrected chi connectivity index (χ2v) is 7.77. The van der Waals surface area contributed by atoms with E-state index in [2.05, 4.69) is 17.5 Å². The molecule has 5 aliphatic rings. The molecule has 3 amide bonds. The van der Waals surface area contributed by atoms with Crippen molar-refractivity contribution in [3.05, 3.63) is 46.5 Å². The highest BCUT2D eigenvalue weighted by Crippen LogP contribution is 2.65. The number of imide groups is 1. The molecule has 1 heterocycles. The minimum absolute atomic E-state index is 0.0801. The van der Waals surface area contributed by atoms with Crippen molar-refractivity contribution in [3.8, 4) is 0 Å². The van der Waals surface area contributed by atoms with Crippen molar-refractivity contribution in [3.63, 3.8) is 0 Å². The smallest absolute Gasteiger partial charge is 0.269 e. The number of benzene rings is 1. The molecule has 138 valence electrons. The second kappa shape index (κ2) is 5.48. The standard InChI is InChI=1S/C19H17N3O5/c23-15(20-9-1-3-10(4-2-9)22(26)27)8-21-18(24)16-11-5-6-12(14-7-13(11)14)17(16)19(21)25/h1-6,11-14,16-17H,7-8H2,(H,20,23)/t11-,12-,13-,14-,16-,17+/m1/s1. The number of nitrogens with zero attached hydrogens (tertiary/aromatic N) is 2. The van der Waals surface area contributed by atoms with Gasteiger partial charge in [0.2, 0.25) is 17.7 Å². The molecule has 6 atom stereocenters. The Bertz CT molecular complexity index is 872. The molecule has 0 spiro atoms. The summed E-state index contributed by atoms with van der Waals surface area (Å²) in [6.07, 6.45) is 5.27. The molecular weight excluding hydrogens is 350 g/mol. The largest absolute Gasteiger partial charge is 0.325 e. The molecule has 1 N–H and O–H groups in total. The number of likely N-dealkylation sites (tertiary alicyclic amines) is 1. The number of hydrogen-bond acceptors (Lipinski definition) is 5. The van der Waals surface area contributed by atoms with E-state index in [4.69, 9.17) is 0 Å². The van der Waals surface area contributed by atoms with Crippen LogP contribution in [-0.2, 0) is 14.4 Å². The monoisotopic (exact) mass is 367 g/mol. The first-order valence-corrected chi connectivity index (χ1v) is 9.03. The number of carbonyl (C=O) groups is 3. The molecule has 2 bridgehead atoms. The molecule has 1 aromatic carbocycles. The maximum Gasteiger partial charge on any atom is 0.269 e. The molecule has 1 aromatic rings. The Hall–Kier alpha value is -3.03. The average Bonchev–Trinajstić information content (AvgIpc) is 3.43. The molecular formula is C19H17N3O5. The lowest BCUT2D eigenvalue weighted by Gasteiger charge is -2.37. The highest BCUT2D eigenvalue weighted by molar-refractivity contribution is 6.09. The minimum atomic E-state index is -0.526. The predicted octanol–water partition coefficient (Wildman–Crippen LogP) is 1.59. The van der Waals surface area contributed by atoms with Crippen molar-refractivity contribution < 1.29 is 19.3 Å². The Balaban J connectivity index is 1.29. The van der Waals surface area contributed by atoms with E-state index in [1.807, 2.05) is 0 Å². The van der Waals surface area contributed by atoms with Gasteiger partial charge in [-0.15, -0.1) is 0 Å². The summed E-state index contributed by atoms with van der Waals surface area (Å²) in [4.78, 5) is 49.2. The van der Waals surface area contributed by atoms with E-state index in [0.29, 0.717) is 17.5 Å². The number of anilines is 1. The van der Waals surface area contributed by atoms with Gasteiger partial charge in [0, 0.05) is 17.8 Å². The number of carbonyl (C=O) groups excluding carboxylic acids is 3. The van der Waals surface area contributed by atoms with Gasteiger partial charge in [-0.3, -0.25) is 29.4 Å². The SMILES string of the molecule is O=C(CN1C(=O)[C@@H]2[C@@H]3C=C[C@H]([C@H]4C[C@H]34)[C@@H]2C1=O)Nc1ccc([N+](=O)[O-])cc1. The van der Waals surface area contributed by atoms with Crippen LogP contribution in [0.3, 0.4) is 0 Å². The van der Waals surface area contributed by atoms with Gasteiger partial charge in [-0.25, -0.2) is 0 Å². The molecule has 8 heteroatoms. The number of amides is 3. The zero-order valence-corrected chi connectivity index (χ0v) is 14.3. The third-order valence-electron chi connectivity index (χ3n) is 6.42. The fourth-order valence-corrected chi connectivity index (χ4v) is 5.19. The summed E-state index contributed by atoms with van der Waals surface area (Å²) in [5.41, 5.74) is 0.300. The van der Waals surface area contributed by atoms with E-state index in [1.54, 1.807) is 0 Å². The van der Waals surface area contributed by atoms with Crippen LogP contribution in [0.1, 0.15) is 6.42 Å². The highest BCUT2D eigenvalue weighted by atomic mass is 16.6. The number of nitro groups is 1. The Kier molecular flexibility index (Phi) is 3.28. The van der Waals surface area contributed by atoms with Crippen molar-refractivity contribution in [2.24, 2.45) is 35.5 Å². The number of nitrogens with one attached hydrogen (secondary N) is 1. The molecule has 0 radical (unpaired) electrons. The molecule has 0 unspecified atom stereocenters. The molecule has 4 aliphatic carbocycles. The summed E-state index contributed by atoms with van der Waals surface area (Å²) in [6.45, 7) is -0.323. The second-order valence-electron chi connectivity index (χ2n) is 7.77. The third kappa shape index (κ3) is 2.32. The summed E-state index contributed by atoms with van der Waals surface area (Å²) in [6, 6.07) is 5.40. The quantitative estimate of drug-likeness (QED) is 0.376. The third-order valence-corrected chi connectivity index (χ3v) is 6.42. The summed E-state index contributed by atoms with van der Waals surface area (Å²) in [7, 11) is 0. The van der Waals surface area contributed by atoms with Gasteiger partial charge in [-0.05, 0) is 42.2 Å². The first-order chi connectivity index (χ1) is 13.0. The zero-order valence-electron chi connectivity index (χ0n) is 14.3. The van der Waals surface area contributed by atoms with E-state index < -0.39 is 10.8 Å². The first kappa shape index (κ1) is 16.2. The summed E-state index contributed by atoms with van der Waals surface area (Å²) < 4.78 is 0. The summed E-state index contributed by atoms with van der Waals surface area (Å²) in [5.74, 6) is -0.309. The Morgan fingerprint density at radius 1 is 1.07 bits per heavy atom. The average molecular weight is 367 g/mol. The Morgan fingerprint density at radius 2 is 1.63 bits per heavy atom. The number of allylic oxidation sites excluding steroid dienone is 2. The Morgan fingerprint density at radius 3 is 2.15 bits per heavy atom. The molecule has 2 saturated carbocycles. The summed E-state index contributed by atoms with van der Waals surface area (Å²) in [5, 5.41) is 13.3. The number of hydrogen-bond donors (Lipinski definition) is 1. The van der Waals surface area contributed by atoms with E-state index in [1.165, 1.54) is 24.3 Å². The van der Waals surface area contributed by atoms with Crippen LogP contribution in [-0.4, -0.2) is 34.1 Å². The molecule has 1 aliphatic heterocycles. The summed E-state index contributed by atoms with van der Waals surface area (Å²) >= 11 is 0. The van der Waals surface area contributed by atoms with Crippen LogP contribution in [0.25, 0.3) is 0 Å². The highest BCUT2D eigenvalue weighted by Gasteiger charge is 2.67. The first-order valence-electron chi connectivity index (χ1n) is 9.03. The predicted molar refractivity (Wildman–Crippen MR) is 93.1 cm³/mol. The molecule has 6 rings (SSSR count). The number of nitro benzene ring substituents is 1. The van der Waals surface area contributed by atoms with Crippen LogP contribution in [0.15, 0.2) is 36.4 Å². The molecule has 8 nitrogen and oxygen atoms in total. The van der Waals surface area contributed by atoms with E-state index in [-0.39, 0.29) is 47.7 Å².